The summed E-state index contributed by atoms with van der Waals surface area (Å²) in [5.74, 6) is 3.74. The molecule has 0 saturated carbocycles. The molecule has 0 aromatic heterocycles. The first kappa shape index (κ1) is 19.9. The molecule has 1 heterocycles. The fourth-order valence-corrected chi connectivity index (χ4v) is 3.26. The fourth-order valence-electron chi connectivity index (χ4n) is 3.26. The SMILES string of the molecule is CN=C(NCC(C)Oc1cccc(OC)c1)NCC1CCOc2ccccc21. The molecule has 150 valence electrons. The highest BCUT2D eigenvalue weighted by atomic mass is 16.5. The van der Waals surface area contributed by atoms with Crippen molar-refractivity contribution in [2.24, 2.45) is 4.99 Å². The number of hydrogen-bond donors (Lipinski definition) is 2. The van der Waals surface area contributed by atoms with E-state index in [-0.39, 0.29) is 6.10 Å². The maximum absolute atomic E-state index is 5.95. The van der Waals surface area contributed by atoms with Crippen molar-refractivity contribution >= 4 is 5.96 Å². The van der Waals surface area contributed by atoms with E-state index in [4.69, 9.17) is 14.2 Å². The largest absolute Gasteiger partial charge is 0.497 e. The van der Waals surface area contributed by atoms with Gasteiger partial charge in [-0.15, -0.1) is 0 Å². The Bertz CT molecular complexity index is 794. The molecular formula is C22H29N3O3. The normalized spacial score (nSPS) is 17.1. The Labute approximate surface area is 166 Å². The molecule has 2 unspecified atom stereocenters. The molecule has 0 amide bonds. The van der Waals surface area contributed by atoms with Crippen molar-refractivity contribution in [1.82, 2.24) is 10.6 Å². The molecule has 28 heavy (non-hydrogen) atoms. The van der Waals surface area contributed by atoms with Gasteiger partial charge >= 0.3 is 0 Å². The second kappa shape index (κ2) is 9.88. The number of nitrogens with one attached hydrogen (secondary N) is 2. The second-order valence-corrected chi connectivity index (χ2v) is 6.81. The minimum Gasteiger partial charge on any atom is -0.497 e. The number of fused-ring (bicyclic) bond motifs is 1. The van der Waals surface area contributed by atoms with Gasteiger partial charge in [0.1, 0.15) is 23.4 Å². The van der Waals surface area contributed by atoms with Gasteiger partial charge in [0.05, 0.1) is 20.3 Å². The Morgan fingerprint density at radius 1 is 1.18 bits per heavy atom. The Morgan fingerprint density at radius 2 is 2.00 bits per heavy atom. The average Bonchev–Trinajstić information content (AvgIpc) is 2.74. The lowest BCUT2D eigenvalue weighted by Gasteiger charge is -2.27. The Balaban J connectivity index is 1.47. The predicted molar refractivity (Wildman–Crippen MR) is 112 cm³/mol. The number of aliphatic imine (C=N–C) groups is 1. The number of ether oxygens (including phenoxy) is 3. The smallest absolute Gasteiger partial charge is 0.191 e. The summed E-state index contributed by atoms with van der Waals surface area (Å²) >= 11 is 0. The van der Waals surface area contributed by atoms with E-state index in [9.17, 15) is 0 Å². The quantitative estimate of drug-likeness (QED) is 0.568. The van der Waals surface area contributed by atoms with Crippen LogP contribution in [-0.4, -0.2) is 45.9 Å². The number of para-hydroxylation sites is 1. The van der Waals surface area contributed by atoms with Crippen LogP contribution in [0.4, 0.5) is 0 Å². The van der Waals surface area contributed by atoms with Crippen LogP contribution in [0.25, 0.3) is 0 Å². The number of rotatable bonds is 7. The van der Waals surface area contributed by atoms with E-state index in [1.54, 1.807) is 14.2 Å². The van der Waals surface area contributed by atoms with Gasteiger partial charge in [-0.25, -0.2) is 0 Å². The lowest BCUT2D eigenvalue weighted by Crippen LogP contribution is -2.43. The van der Waals surface area contributed by atoms with Gasteiger partial charge in [0.25, 0.3) is 0 Å². The summed E-state index contributed by atoms with van der Waals surface area (Å²) in [4.78, 5) is 4.32. The van der Waals surface area contributed by atoms with E-state index in [0.717, 1.165) is 42.8 Å². The van der Waals surface area contributed by atoms with Crippen LogP contribution in [0.15, 0.2) is 53.5 Å². The molecule has 0 saturated heterocycles. The summed E-state index contributed by atoms with van der Waals surface area (Å²) in [6, 6.07) is 15.9. The number of benzene rings is 2. The summed E-state index contributed by atoms with van der Waals surface area (Å²) in [6.45, 7) is 4.22. The van der Waals surface area contributed by atoms with Gasteiger partial charge in [-0.3, -0.25) is 4.99 Å². The van der Waals surface area contributed by atoms with Gasteiger partial charge < -0.3 is 24.8 Å². The third-order valence-corrected chi connectivity index (χ3v) is 4.76. The van der Waals surface area contributed by atoms with E-state index in [0.29, 0.717) is 12.5 Å². The third kappa shape index (κ3) is 5.31. The van der Waals surface area contributed by atoms with Crippen molar-refractivity contribution in [2.45, 2.75) is 25.4 Å². The zero-order chi connectivity index (χ0) is 19.8. The molecule has 6 heteroatoms. The van der Waals surface area contributed by atoms with E-state index < -0.39 is 0 Å². The van der Waals surface area contributed by atoms with Crippen molar-refractivity contribution in [3.63, 3.8) is 0 Å². The number of guanidine groups is 1. The summed E-state index contributed by atoms with van der Waals surface area (Å²) in [6.07, 6.45) is 0.977. The average molecular weight is 383 g/mol. The maximum Gasteiger partial charge on any atom is 0.191 e. The van der Waals surface area contributed by atoms with Gasteiger partial charge in [-0.1, -0.05) is 24.3 Å². The van der Waals surface area contributed by atoms with Crippen molar-refractivity contribution in [2.75, 3.05) is 33.9 Å². The first-order chi connectivity index (χ1) is 13.7. The van der Waals surface area contributed by atoms with E-state index >= 15 is 0 Å². The first-order valence-corrected chi connectivity index (χ1v) is 9.66. The van der Waals surface area contributed by atoms with Gasteiger partial charge in [0.2, 0.25) is 0 Å². The molecule has 0 radical (unpaired) electrons. The van der Waals surface area contributed by atoms with Crippen molar-refractivity contribution < 1.29 is 14.2 Å². The number of hydrogen-bond acceptors (Lipinski definition) is 4. The second-order valence-electron chi connectivity index (χ2n) is 6.81. The van der Waals surface area contributed by atoms with Crippen LogP contribution in [0, 0.1) is 0 Å². The van der Waals surface area contributed by atoms with Gasteiger partial charge in [0.15, 0.2) is 5.96 Å². The highest BCUT2D eigenvalue weighted by molar-refractivity contribution is 5.79. The maximum atomic E-state index is 5.95. The Kier molecular flexibility index (Phi) is 7.00. The minimum atomic E-state index is -0.0190. The van der Waals surface area contributed by atoms with Crippen LogP contribution in [0.2, 0.25) is 0 Å². The molecule has 2 aromatic carbocycles. The van der Waals surface area contributed by atoms with Crippen molar-refractivity contribution in [3.05, 3.63) is 54.1 Å². The number of nitrogens with zero attached hydrogens (tertiary/aromatic N) is 1. The van der Waals surface area contributed by atoms with Gasteiger partial charge in [-0.2, -0.15) is 0 Å². The monoisotopic (exact) mass is 383 g/mol. The highest BCUT2D eigenvalue weighted by Gasteiger charge is 2.21. The summed E-state index contributed by atoms with van der Waals surface area (Å²) < 4.78 is 16.9. The molecule has 2 atom stereocenters. The molecule has 6 nitrogen and oxygen atoms in total. The third-order valence-electron chi connectivity index (χ3n) is 4.76. The molecule has 1 aliphatic rings. The summed E-state index contributed by atoms with van der Waals surface area (Å²) in [5.41, 5.74) is 1.26. The molecular weight excluding hydrogens is 354 g/mol. The van der Waals surface area contributed by atoms with Crippen molar-refractivity contribution in [3.8, 4) is 17.2 Å². The lowest BCUT2D eigenvalue weighted by molar-refractivity contribution is 0.223. The van der Waals surface area contributed by atoms with Crippen LogP contribution in [0.5, 0.6) is 17.2 Å². The number of methoxy groups -OCH3 is 1. The molecule has 0 aliphatic carbocycles. The minimum absolute atomic E-state index is 0.0190. The van der Waals surface area contributed by atoms with Crippen LogP contribution in [0.1, 0.15) is 24.8 Å². The molecule has 1 aliphatic heterocycles. The van der Waals surface area contributed by atoms with E-state index in [1.165, 1.54) is 5.56 Å². The molecule has 3 rings (SSSR count). The molecule has 0 bridgehead atoms. The Hall–Kier alpha value is -2.89. The van der Waals surface area contributed by atoms with E-state index in [2.05, 4.69) is 27.8 Å². The topological polar surface area (TPSA) is 64.1 Å². The van der Waals surface area contributed by atoms with E-state index in [1.807, 2.05) is 43.3 Å². The summed E-state index contributed by atoms with van der Waals surface area (Å²) in [7, 11) is 3.43. The predicted octanol–water partition coefficient (Wildman–Crippen LogP) is 3.19. The van der Waals surface area contributed by atoms with Crippen LogP contribution in [-0.2, 0) is 0 Å². The molecule has 0 fully saturated rings. The van der Waals surface area contributed by atoms with Crippen molar-refractivity contribution in [1.29, 1.82) is 0 Å². The fraction of sp³-hybridized carbons (Fsp3) is 0.409. The standard InChI is InChI=1S/C22H29N3O3/c1-16(28-19-8-6-7-18(13-19)26-3)14-24-22(23-2)25-15-17-11-12-27-21-10-5-4-9-20(17)21/h4-10,13,16-17H,11-12,14-15H2,1-3H3,(H2,23,24,25). The first-order valence-electron chi connectivity index (χ1n) is 9.66. The van der Waals surface area contributed by atoms with Gasteiger partial charge in [0, 0.05) is 25.6 Å². The highest BCUT2D eigenvalue weighted by Crippen LogP contribution is 2.32. The lowest BCUT2D eigenvalue weighted by atomic mass is 9.93. The van der Waals surface area contributed by atoms with Crippen LogP contribution >= 0.6 is 0 Å². The van der Waals surface area contributed by atoms with Crippen LogP contribution < -0.4 is 24.8 Å². The summed E-state index contributed by atoms with van der Waals surface area (Å²) in [5, 5.41) is 6.76. The zero-order valence-corrected chi connectivity index (χ0v) is 16.8. The molecule has 2 aromatic rings. The molecule has 2 N–H and O–H groups in total. The Morgan fingerprint density at radius 3 is 2.82 bits per heavy atom. The molecule has 0 spiro atoms. The van der Waals surface area contributed by atoms with Crippen LogP contribution in [0.3, 0.4) is 0 Å². The zero-order valence-electron chi connectivity index (χ0n) is 16.8. The van der Waals surface area contributed by atoms with Gasteiger partial charge in [-0.05, 0) is 37.1 Å².